The standard InChI is InChI=1S/C31H31N3O4/c1-23(24-10-4-2-5-11-24)33-31(36)25-12-8-13-26(20-25)32-22-30(35)34-27-14-9-17-29(21-27)38-19-18-37-28-15-6-3-7-16-28/h2-17,20-21,23,32H,18-19,22H2,1H3,(H,33,36)(H,34,35). The lowest BCUT2D eigenvalue weighted by atomic mass is 10.1. The molecule has 7 heteroatoms. The van der Waals surface area contributed by atoms with Crippen molar-refractivity contribution in [2.75, 3.05) is 30.4 Å². The minimum atomic E-state index is -0.220. The molecule has 4 aromatic rings. The van der Waals surface area contributed by atoms with Gasteiger partial charge in [-0.05, 0) is 55.0 Å². The quantitative estimate of drug-likeness (QED) is 0.214. The maximum Gasteiger partial charge on any atom is 0.251 e. The predicted octanol–water partition coefficient (Wildman–Crippen LogP) is 5.69. The predicted molar refractivity (Wildman–Crippen MR) is 150 cm³/mol. The van der Waals surface area contributed by atoms with Crippen LogP contribution < -0.4 is 25.4 Å². The molecule has 0 saturated carbocycles. The fourth-order valence-corrected chi connectivity index (χ4v) is 3.76. The Morgan fingerprint density at radius 2 is 1.34 bits per heavy atom. The van der Waals surface area contributed by atoms with E-state index in [0.717, 1.165) is 11.3 Å². The molecule has 3 N–H and O–H groups in total. The second kappa shape index (κ2) is 13.5. The van der Waals surface area contributed by atoms with E-state index in [4.69, 9.17) is 9.47 Å². The lowest BCUT2D eigenvalue weighted by Crippen LogP contribution is -2.26. The third kappa shape index (κ3) is 8.13. The molecule has 2 amide bonds. The van der Waals surface area contributed by atoms with Gasteiger partial charge in [-0.2, -0.15) is 0 Å². The highest BCUT2D eigenvalue weighted by Gasteiger charge is 2.12. The van der Waals surface area contributed by atoms with E-state index in [0.29, 0.717) is 35.9 Å². The highest BCUT2D eigenvalue weighted by Crippen LogP contribution is 2.18. The van der Waals surface area contributed by atoms with E-state index in [1.54, 1.807) is 30.3 Å². The summed E-state index contributed by atoms with van der Waals surface area (Å²) in [5.41, 5.74) is 2.85. The topological polar surface area (TPSA) is 88.7 Å². The van der Waals surface area contributed by atoms with Crippen molar-refractivity contribution in [3.8, 4) is 11.5 Å². The number of benzene rings is 4. The van der Waals surface area contributed by atoms with Crippen molar-refractivity contribution in [1.82, 2.24) is 5.32 Å². The van der Waals surface area contributed by atoms with Crippen molar-refractivity contribution in [3.63, 3.8) is 0 Å². The van der Waals surface area contributed by atoms with E-state index in [-0.39, 0.29) is 24.4 Å². The zero-order valence-corrected chi connectivity index (χ0v) is 21.2. The first-order valence-electron chi connectivity index (χ1n) is 12.5. The van der Waals surface area contributed by atoms with Crippen molar-refractivity contribution >= 4 is 23.2 Å². The number of ether oxygens (including phenoxy) is 2. The Morgan fingerprint density at radius 3 is 2.11 bits per heavy atom. The highest BCUT2D eigenvalue weighted by molar-refractivity contribution is 5.96. The Morgan fingerprint density at radius 1 is 0.711 bits per heavy atom. The Kier molecular flexibility index (Phi) is 9.34. The molecule has 0 radical (unpaired) electrons. The van der Waals surface area contributed by atoms with Crippen LogP contribution in [0.2, 0.25) is 0 Å². The fraction of sp³-hybridized carbons (Fsp3) is 0.161. The van der Waals surface area contributed by atoms with Crippen LogP contribution in [0.1, 0.15) is 28.9 Å². The number of hydrogen-bond acceptors (Lipinski definition) is 5. The zero-order chi connectivity index (χ0) is 26.6. The number of nitrogens with one attached hydrogen (secondary N) is 3. The molecule has 194 valence electrons. The number of amides is 2. The molecular formula is C31H31N3O4. The molecular weight excluding hydrogens is 478 g/mol. The Balaban J connectivity index is 1.23. The first kappa shape index (κ1) is 26.3. The summed E-state index contributed by atoms with van der Waals surface area (Å²) in [6.07, 6.45) is 0. The zero-order valence-electron chi connectivity index (χ0n) is 21.2. The van der Waals surface area contributed by atoms with Crippen LogP contribution in [-0.2, 0) is 4.79 Å². The summed E-state index contributed by atoms with van der Waals surface area (Å²) >= 11 is 0. The summed E-state index contributed by atoms with van der Waals surface area (Å²) in [6.45, 7) is 2.77. The summed E-state index contributed by atoms with van der Waals surface area (Å²) in [4.78, 5) is 25.2. The normalized spacial score (nSPS) is 11.2. The molecule has 0 bridgehead atoms. The molecule has 0 spiro atoms. The van der Waals surface area contributed by atoms with Gasteiger partial charge in [0, 0.05) is 23.0 Å². The second-order valence-corrected chi connectivity index (χ2v) is 8.63. The fourth-order valence-electron chi connectivity index (χ4n) is 3.76. The summed E-state index contributed by atoms with van der Waals surface area (Å²) in [6, 6.07) is 33.5. The van der Waals surface area contributed by atoms with Crippen molar-refractivity contribution < 1.29 is 19.1 Å². The molecule has 4 aromatic carbocycles. The van der Waals surface area contributed by atoms with Gasteiger partial charge >= 0.3 is 0 Å². The molecule has 0 heterocycles. The van der Waals surface area contributed by atoms with Crippen LogP contribution >= 0.6 is 0 Å². The van der Waals surface area contributed by atoms with E-state index < -0.39 is 0 Å². The van der Waals surface area contributed by atoms with Crippen LogP contribution in [0, 0.1) is 0 Å². The van der Waals surface area contributed by atoms with E-state index in [2.05, 4.69) is 16.0 Å². The largest absolute Gasteiger partial charge is 0.490 e. The van der Waals surface area contributed by atoms with Gasteiger partial charge in [-0.1, -0.05) is 60.7 Å². The molecule has 4 rings (SSSR count). The molecule has 0 fully saturated rings. The summed E-state index contributed by atoms with van der Waals surface area (Å²) < 4.78 is 11.4. The van der Waals surface area contributed by atoms with Crippen LogP contribution in [0.3, 0.4) is 0 Å². The Hall–Kier alpha value is -4.78. The van der Waals surface area contributed by atoms with Gasteiger partial charge in [0.2, 0.25) is 5.91 Å². The molecule has 7 nitrogen and oxygen atoms in total. The summed E-state index contributed by atoms with van der Waals surface area (Å²) in [5.74, 6) is 1.02. The van der Waals surface area contributed by atoms with Gasteiger partial charge in [0.25, 0.3) is 5.91 Å². The number of carbonyl (C=O) groups is 2. The van der Waals surface area contributed by atoms with Gasteiger partial charge in [-0.3, -0.25) is 9.59 Å². The smallest absolute Gasteiger partial charge is 0.251 e. The van der Waals surface area contributed by atoms with Crippen molar-refractivity contribution in [1.29, 1.82) is 0 Å². The summed E-state index contributed by atoms with van der Waals surface area (Å²) in [5, 5.41) is 8.94. The number of anilines is 2. The number of carbonyl (C=O) groups excluding carboxylic acids is 2. The van der Waals surface area contributed by atoms with E-state index >= 15 is 0 Å². The molecule has 1 atom stereocenters. The van der Waals surface area contributed by atoms with Crippen LogP contribution in [0.25, 0.3) is 0 Å². The van der Waals surface area contributed by atoms with Crippen LogP contribution in [-0.4, -0.2) is 31.6 Å². The van der Waals surface area contributed by atoms with Gasteiger partial charge < -0.3 is 25.4 Å². The molecule has 0 aromatic heterocycles. The summed E-state index contributed by atoms with van der Waals surface area (Å²) in [7, 11) is 0. The third-order valence-electron chi connectivity index (χ3n) is 5.71. The van der Waals surface area contributed by atoms with E-state index in [1.165, 1.54) is 0 Å². The average Bonchev–Trinajstić information content (AvgIpc) is 2.95. The Labute approximate surface area is 222 Å². The van der Waals surface area contributed by atoms with Crippen molar-refractivity contribution in [2.24, 2.45) is 0 Å². The number of para-hydroxylation sites is 1. The van der Waals surface area contributed by atoms with Gasteiger partial charge in [0.15, 0.2) is 0 Å². The highest BCUT2D eigenvalue weighted by atomic mass is 16.5. The lowest BCUT2D eigenvalue weighted by molar-refractivity contribution is -0.114. The first-order valence-corrected chi connectivity index (χ1v) is 12.5. The lowest BCUT2D eigenvalue weighted by Gasteiger charge is -2.15. The van der Waals surface area contributed by atoms with Gasteiger partial charge in [0.1, 0.15) is 24.7 Å². The van der Waals surface area contributed by atoms with Crippen LogP contribution in [0.4, 0.5) is 11.4 Å². The van der Waals surface area contributed by atoms with Crippen molar-refractivity contribution in [3.05, 3.63) is 120 Å². The maximum atomic E-state index is 12.7. The van der Waals surface area contributed by atoms with Crippen LogP contribution in [0.15, 0.2) is 109 Å². The average molecular weight is 510 g/mol. The molecule has 0 aliphatic carbocycles. The SMILES string of the molecule is CC(NC(=O)c1cccc(NCC(=O)Nc2cccc(OCCOc3ccccc3)c2)c1)c1ccccc1. The molecule has 1 unspecified atom stereocenters. The monoisotopic (exact) mass is 509 g/mol. The van der Waals surface area contributed by atoms with E-state index in [9.17, 15) is 9.59 Å². The van der Waals surface area contributed by atoms with Gasteiger partial charge in [0.05, 0.1) is 12.6 Å². The third-order valence-corrected chi connectivity index (χ3v) is 5.71. The molecule has 0 aliphatic heterocycles. The number of rotatable bonds is 12. The molecule has 0 saturated heterocycles. The maximum absolute atomic E-state index is 12.7. The Bertz CT molecular complexity index is 1330. The minimum Gasteiger partial charge on any atom is -0.490 e. The first-order chi connectivity index (χ1) is 18.6. The number of hydrogen-bond donors (Lipinski definition) is 3. The molecule has 0 aliphatic rings. The van der Waals surface area contributed by atoms with Crippen LogP contribution in [0.5, 0.6) is 11.5 Å². The second-order valence-electron chi connectivity index (χ2n) is 8.63. The van der Waals surface area contributed by atoms with Crippen molar-refractivity contribution in [2.45, 2.75) is 13.0 Å². The van der Waals surface area contributed by atoms with Gasteiger partial charge in [-0.25, -0.2) is 0 Å². The van der Waals surface area contributed by atoms with E-state index in [1.807, 2.05) is 85.8 Å². The molecule has 38 heavy (non-hydrogen) atoms. The minimum absolute atomic E-state index is 0.0431. The van der Waals surface area contributed by atoms with Gasteiger partial charge in [-0.15, -0.1) is 0 Å².